The normalized spacial score (nSPS) is 10.6. The molecule has 0 spiro atoms. The number of benzene rings is 1. The average molecular weight is 261 g/mol. The summed E-state index contributed by atoms with van der Waals surface area (Å²) in [4.78, 5) is 1.35. The van der Waals surface area contributed by atoms with Crippen LogP contribution in [-0.2, 0) is 6.54 Å². The predicted molar refractivity (Wildman–Crippen MR) is 78.4 cm³/mol. The Hall–Kier alpha value is -1.32. The van der Waals surface area contributed by atoms with E-state index in [1.54, 1.807) is 18.4 Å². The van der Waals surface area contributed by atoms with Crippen LogP contribution < -0.4 is 10.1 Å². The van der Waals surface area contributed by atoms with Crippen molar-refractivity contribution in [2.24, 2.45) is 0 Å². The predicted octanol–water partition coefficient (Wildman–Crippen LogP) is 3.84. The van der Waals surface area contributed by atoms with Crippen LogP contribution in [0, 0.1) is 6.92 Å². The number of hydrogen-bond donors (Lipinski definition) is 1. The van der Waals surface area contributed by atoms with Crippen LogP contribution in [0.1, 0.15) is 18.1 Å². The number of thiophene rings is 1. The molecule has 1 aromatic heterocycles. The summed E-state index contributed by atoms with van der Waals surface area (Å²) in [5, 5.41) is 5.53. The van der Waals surface area contributed by atoms with Gasteiger partial charge in [-0.15, -0.1) is 11.3 Å². The van der Waals surface area contributed by atoms with Crippen molar-refractivity contribution in [3.63, 3.8) is 0 Å². The molecule has 0 radical (unpaired) electrons. The zero-order valence-corrected chi connectivity index (χ0v) is 11.9. The standard InChI is InChI=1S/C15H19NOS/c1-4-16-10-12-9-13(17-3)5-6-14(12)15-11(2)7-8-18-15/h5-9,16H,4,10H2,1-3H3. The van der Waals surface area contributed by atoms with Crippen molar-refractivity contribution < 1.29 is 4.74 Å². The number of hydrogen-bond acceptors (Lipinski definition) is 3. The molecule has 0 saturated carbocycles. The fourth-order valence-electron chi connectivity index (χ4n) is 1.97. The Labute approximate surface area is 113 Å². The Bertz CT molecular complexity index is 519. The Morgan fingerprint density at radius 2 is 2.11 bits per heavy atom. The molecule has 0 aliphatic carbocycles. The van der Waals surface area contributed by atoms with E-state index in [9.17, 15) is 0 Å². The summed E-state index contributed by atoms with van der Waals surface area (Å²) in [5.41, 5.74) is 3.94. The van der Waals surface area contributed by atoms with Gasteiger partial charge in [0.1, 0.15) is 5.75 Å². The minimum Gasteiger partial charge on any atom is -0.497 e. The van der Waals surface area contributed by atoms with Crippen LogP contribution in [0.3, 0.4) is 0 Å². The van der Waals surface area contributed by atoms with Gasteiger partial charge in [0, 0.05) is 11.4 Å². The second kappa shape index (κ2) is 6.03. The molecule has 0 bridgehead atoms. The summed E-state index contributed by atoms with van der Waals surface area (Å²) < 4.78 is 5.31. The first-order chi connectivity index (χ1) is 8.76. The Morgan fingerprint density at radius 3 is 2.72 bits per heavy atom. The summed E-state index contributed by atoms with van der Waals surface area (Å²) in [6.45, 7) is 6.13. The van der Waals surface area contributed by atoms with E-state index in [0.29, 0.717) is 0 Å². The summed E-state index contributed by atoms with van der Waals surface area (Å²) in [6.07, 6.45) is 0. The SMILES string of the molecule is CCNCc1cc(OC)ccc1-c1sccc1C. The first-order valence-electron chi connectivity index (χ1n) is 6.18. The van der Waals surface area contributed by atoms with Crippen LogP contribution >= 0.6 is 11.3 Å². The molecule has 18 heavy (non-hydrogen) atoms. The Morgan fingerprint density at radius 1 is 1.28 bits per heavy atom. The lowest BCUT2D eigenvalue weighted by atomic mass is 10.0. The highest BCUT2D eigenvalue weighted by molar-refractivity contribution is 7.13. The van der Waals surface area contributed by atoms with Crippen LogP contribution in [0.25, 0.3) is 10.4 Å². The summed E-state index contributed by atoms with van der Waals surface area (Å²) in [6, 6.07) is 8.48. The molecular weight excluding hydrogens is 242 g/mol. The van der Waals surface area contributed by atoms with E-state index in [2.05, 4.69) is 42.7 Å². The van der Waals surface area contributed by atoms with Crippen molar-refractivity contribution >= 4 is 11.3 Å². The number of nitrogens with one attached hydrogen (secondary N) is 1. The lowest BCUT2D eigenvalue weighted by Gasteiger charge is -2.11. The quantitative estimate of drug-likeness (QED) is 0.883. The van der Waals surface area contributed by atoms with Gasteiger partial charge < -0.3 is 10.1 Å². The third-order valence-electron chi connectivity index (χ3n) is 2.98. The monoisotopic (exact) mass is 261 g/mol. The van der Waals surface area contributed by atoms with Gasteiger partial charge >= 0.3 is 0 Å². The lowest BCUT2D eigenvalue weighted by Crippen LogP contribution is -2.12. The summed E-state index contributed by atoms with van der Waals surface area (Å²) in [7, 11) is 1.71. The molecule has 3 heteroatoms. The largest absolute Gasteiger partial charge is 0.497 e. The lowest BCUT2D eigenvalue weighted by molar-refractivity contribution is 0.414. The van der Waals surface area contributed by atoms with E-state index in [1.165, 1.54) is 21.6 Å². The minimum absolute atomic E-state index is 0.875. The minimum atomic E-state index is 0.875. The topological polar surface area (TPSA) is 21.3 Å². The molecule has 96 valence electrons. The zero-order chi connectivity index (χ0) is 13.0. The summed E-state index contributed by atoms with van der Waals surface area (Å²) in [5.74, 6) is 0.917. The van der Waals surface area contributed by atoms with Crippen molar-refractivity contribution in [1.29, 1.82) is 0 Å². The van der Waals surface area contributed by atoms with Gasteiger partial charge in [-0.2, -0.15) is 0 Å². The molecule has 1 heterocycles. The number of aryl methyl sites for hydroxylation is 1. The van der Waals surface area contributed by atoms with Gasteiger partial charge in [-0.05, 0) is 59.8 Å². The second-order valence-corrected chi connectivity index (χ2v) is 5.15. The van der Waals surface area contributed by atoms with Crippen molar-refractivity contribution in [2.75, 3.05) is 13.7 Å². The highest BCUT2D eigenvalue weighted by atomic mass is 32.1. The van der Waals surface area contributed by atoms with Gasteiger partial charge in [-0.1, -0.05) is 6.92 Å². The summed E-state index contributed by atoms with van der Waals surface area (Å²) >= 11 is 1.80. The van der Waals surface area contributed by atoms with Crippen LogP contribution in [-0.4, -0.2) is 13.7 Å². The number of ether oxygens (including phenoxy) is 1. The van der Waals surface area contributed by atoms with Gasteiger partial charge in [0.05, 0.1) is 7.11 Å². The van der Waals surface area contributed by atoms with Crippen molar-refractivity contribution in [1.82, 2.24) is 5.32 Å². The number of rotatable bonds is 5. The fourth-order valence-corrected chi connectivity index (χ4v) is 2.96. The molecular formula is C15H19NOS. The molecule has 2 rings (SSSR count). The van der Waals surface area contributed by atoms with E-state index < -0.39 is 0 Å². The van der Waals surface area contributed by atoms with Crippen LogP contribution in [0.5, 0.6) is 5.75 Å². The Balaban J connectivity index is 2.42. The molecule has 1 aromatic carbocycles. The number of methoxy groups -OCH3 is 1. The third kappa shape index (κ3) is 2.74. The van der Waals surface area contributed by atoms with Gasteiger partial charge in [-0.3, -0.25) is 0 Å². The molecule has 0 atom stereocenters. The maximum atomic E-state index is 5.31. The van der Waals surface area contributed by atoms with Gasteiger partial charge in [-0.25, -0.2) is 0 Å². The van der Waals surface area contributed by atoms with Crippen LogP contribution in [0.15, 0.2) is 29.6 Å². The maximum absolute atomic E-state index is 5.31. The van der Waals surface area contributed by atoms with Gasteiger partial charge in [0.25, 0.3) is 0 Å². The van der Waals surface area contributed by atoms with E-state index in [4.69, 9.17) is 4.74 Å². The fraction of sp³-hybridized carbons (Fsp3) is 0.333. The third-order valence-corrected chi connectivity index (χ3v) is 4.03. The first-order valence-corrected chi connectivity index (χ1v) is 7.06. The molecule has 0 saturated heterocycles. The molecule has 0 unspecified atom stereocenters. The van der Waals surface area contributed by atoms with Gasteiger partial charge in [0.2, 0.25) is 0 Å². The molecule has 1 N–H and O–H groups in total. The van der Waals surface area contributed by atoms with E-state index in [-0.39, 0.29) is 0 Å². The first kappa shape index (κ1) is 13.1. The van der Waals surface area contributed by atoms with E-state index in [0.717, 1.165) is 18.8 Å². The van der Waals surface area contributed by atoms with Gasteiger partial charge in [0.15, 0.2) is 0 Å². The maximum Gasteiger partial charge on any atom is 0.119 e. The second-order valence-electron chi connectivity index (χ2n) is 4.24. The highest BCUT2D eigenvalue weighted by Gasteiger charge is 2.09. The van der Waals surface area contributed by atoms with Crippen LogP contribution in [0.4, 0.5) is 0 Å². The molecule has 0 amide bonds. The van der Waals surface area contributed by atoms with E-state index in [1.807, 2.05) is 6.07 Å². The zero-order valence-electron chi connectivity index (χ0n) is 11.1. The Kier molecular flexibility index (Phi) is 4.39. The smallest absolute Gasteiger partial charge is 0.119 e. The molecule has 0 aliphatic heterocycles. The molecule has 0 fully saturated rings. The van der Waals surface area contributed by atoms with Crippen molar-refractivity contribution in [3.8, 4) is 16.2 Å². The van der Waals surface area contributed by atoms with E-state index >= 15 is 0 Å². The van der Waals surface area contributed by atoms with Crippen LogP contribution in [0.2, 0.25) is 0 Å². The molecule has 0 aliphatic rings. The average Bonchev–Trinajstić information content (AvgIpc) is 2.82. The highest BCUT2D eigenvalue weighted by Crippen LogP contribution is 2.33. The molecule has 2 nitrogen and oxygen atoms in total. The van der Waals surface area contributed by atoms with Crippen molar-refractivity contribution in [3.05, 3.63) is 40.8 Å². The van der Waals surface area contributed by atoms with Crippen molar-refractivity contribution in [2.45, 2.75) is 20.4 Å². The molecule has 2 aromatic rings.